The third kappa shape index (κ3) is 2.64. The van der Waals surface area contributed by atoms with Crippen LogP contribution in [0.25, 0.3) is 0 Å². The fourth-order valence-corrected chi connectivity index (χ4v) is 2.14. The molecule has 0 unspecified atom stereocenters. The van der Waals surface area contributed by atoms with E-state index in [0.717, 1.165) is 5.75 Å². The lowest BCUT2D eigenvalue weighted by Crippen LogP contribution is -1.95. The van der Waals surface area contributed by atoms with E-state index in [0.29, 0.717) is 0 Å². The molecule has 64 valence electrons. The number of terminal acetylenes is 1. The Labute approximate surface area is 76.3 Å². The minimum atomic E-state index is -0.845. The summed E-state index contributed by atoms with van der Waals surface area (Å²) in [5.41, 5.74) is 1.34. The van der Waals surface area contributed by atoms with Crippen molar-refractivity contribution < 1.29 is 0 Å². The molecule has 1 aromatic rings. The quantitative estimate of drug-likeness (QED) is 0.611. The van der Waals surface area contributed by atoms with Crippen molar-refractivity contribution in [2.45, 2.75) is 5.75 Å². The molecule has 0 atom stereocenters. The van der Waals surface area contributed by atoms with Gasteiger partial charge in [0.05, 0.1) is 0 Å². The van der Waals surface area contributed by atoms with Crippen LogP contribution in [-0.4, -0.2) is 12.5 Å². The largest absolute Gasteiger partial charge is 0.179 e. The third-order valence-corrected chi connectivity index (χ3v) is 3.38. The van der Waals surface area contributed by atoms with Crippen LogP contribution in [0.2, 0.25) is 0 Å². The molecule has 0 heterocycles. The van der Waals surface area contributed by atoms with Gasteiger partial charge in [0, 0.05) is 5.75 Å². The molecule has 1 aromatic carbocycles. The normalized spacial score (nSPS) is 12.1. The highest BCUT2D eigenvalue weighted by atomic mass is 32.3. The Balaban J connectivity index is 2.72. The van der Waals surface area contributed by atoms with Crippen LogP contribution in [-0.2, 0) is 5.75 Å². The fraction of sp³-hybridized carbons (Fsp3) is 0.273. The molecule has 0 saturated carbocycles. The Morgan fingerprint density at radius 3 is 2.33 bits per heavy atom. The maximum atomic E-state index is 5.44. The molecule has 0 amide bonds. The van der Waals surface area contributed by atoms with E-state index in [2.05, 4.69) is 42.0 Å². The Morgan fingerprint density at radius 2 is 1.83 bits per heavy atom. The predicted octanol–water partition coefficient (Wildman–Crippen LogP) is 2.84. The maximum Gasteiger partial charge on any atom is 0.0122 e. The molecule has 12 heavy (non-hydrogen) atoms. The van der Waals surface area contributed by atoms with Crippen LogP contribution in [0.4, 0.5) is 0 Å². The zero-order valence-electron chi connectivity index (χ0n) is 7.58. The third-order valence-electron chi connectivity index (χ3n) is 1.69. The fourth-order valence-electron chi connectivity index (χ4n) is 1.03. The molecule has 1 rings (SSSR count). The first-order valence-corrected chi connectivity index (χ1v) is 6.48. The molecule has 0 saturated heterocycles. The topological polar surface area (TPSA) is 0 Å². The molecule has 0 aliphatic heterocycles. The molecule has 0 bridgehead atoms. The highest BCUT2D eigenvalue weighted by molar-refractivity contribution is 8.35. The standard InChI is InChI=1S/C11H14S/c1-4-12(2,3)10-11-8-6-5-7-9-11/h1,5-9H,10H2,2-3H3. The maximum absolute atomic E-state index is 5.44. The van der Waals surface area contributed by atoms with E-state index in [1.807, 2.05) is 6.07 Å². The molecule has 1 heteroatoms. The van der Waals surface area contributed by atoms with Crippen molar-refractivity contribution in [3.05, 3.63) is 35.9 Å². The van der Waals surface area contributed by atoms with Gasteiger partial charge < -0.3 is 0 Å². The van der Waals surface area contributed by atoms with Crippen molar-refractivity contribution in [2.24, 2.45) is 0 Å². The van der Waals surface area contributed by atoms with Gasteiger partial charge in [0.25, 0.3) is 0 Å². The summed E-state index contributed by atoms with van der Waals surface area (Å²) in [5, 5.41) is 2.87. The van der Waals surface area contributed by atoms with Gasteiger partial charge in [-0.2, -0.15) is 10.0 Å². The van der Waals surface area contributed by atoms with Gasteiger partial charge in [-0.3, -0.25) is 0 Å². The summed E-state index contributed by atoms with van der Waals surface area (Å²) in [5.74, 6) is 1.03. The minimum absolute atomic E-state index is 0.845. The molecule has 0 aliphatic carbocycles. The van der Waals surface area contributed by atoms with Crippen LogP contribution < -0.4 is 0 Å². The van der Waals surface area contributed by atoms with Gasteiger partial charge >= 0.3 is 0 Å². The summed E-state index contributed by atoms with van der Waals surface area (Å²) in [6.45, 7) is 0. The number of hydrogen-bond acceptors (Lipinski definition) is 0. The lowest BCUT2D eigenvalue weighted by atomic mass is 10.2. The van der Waals surface area contributed by atoms with Crippen LogP contribution >= 0.6 is 10.0 Å². The predicted molar refractivity (Wildman–Crippen MR) is 58.4 cm³/mol. The Morgan fingerprint density at radius 1 is 1.25 bits per heavy atom. The summed E-state index contributed by atoms with van der Waals surface area (Å²) in [4.78, 5) is 0. The van der Waals surface area contributed by atoms with E-state index in [-0.39, 0.29) is 0 Å². The molecule has 0 aromatic heterocycles. The molecule has 0 radical (unpaired) electrons. The monoisotopic (exact) mass is 178 g/mol. The van der Waals surface area contributed by atoms with Gasteiger partial charge in [0.1, 0.15) is 0 Å². The molecule has 0 fully saturated rings. The molecule has 0 spiro atoms. The SMILES string of the molecule is C#CS(C)(C)Cc1ccccc1. The lowest BCUT2D eigenvalue weighted by Gasteiger charge is -2.23. The first-order valence-electron chi connectivity index (χ1n) is 3.86. The Kier molecular flexibility index (Phi) is 2.83. The van der Waals surface area contributed by atoms with Crippen molar-refractivity contribution in [3.8, 4) is 11.7 Å². The zero-order valence-corrected chi connectivity index (χ0v) is 8.40. The summed E-state index contributed by atoms with van der Waals surface area (Å²) in [6.07, 6.45) is 9.77. The van der Waals surface area contributed by atoms with Gasteiger partial charge in [-0.1, -0.05) is 35.6 Å². The molecule has 0 N–H and O–H groups in total. The first kappa shape index (κ1) is 9.22. The minimum Gasteiger partial charge on any atom is -0.179 e. The highest BCUT2D eigenvalue weighted by Crippen LogP contribution is 2.41. The van der Waals surface area contributed by atoms with Crippen LogP contribution in [0, 0.1) is 11.7 Å². The van der Waals surface area contributed by atoms with Gasteiger partial charge in [-0.15, -0.1) is 6.42 Å². The average Bonchev–Trinajstić information content (AvgIpc) is 2.06. The van der Waals surface area contributed by atoms with Gasteiger partial charge in [0.2, 0.25) is 0 Å². The van der Waals surface area contributed by atoms with Crippen molar-refractivity contribution >= 4 is 10.0 Å². The number of hydrogen-bond donors (Lipinski definition) is 0. The van der Waals surface area contributed by atoms with E-state index < -0.39 is 10.0 Å². The van der Waals surface area contributed by atoms with Crippen LogP contribution in [0.1, 0.15) is 5.56 Å². The van der Waals surface area contributed by atoms with Crippen LogP contribution in [0.5, 0.6) is 0 Å². The molecular formula is C11H14S. The van der Waals surface area contributed by atoms with E-state index in [1.54, 1.807) is 0 Å². The second kappa shape index (κ2) is 3.69. The lowest BCUT2D eigenvalue weighted by molar-refractivity contribution is 1.40. The molecule has 0 nitrogen and oxygen atoms in total. The Bertz CT molecular complexity index is 280. The highest BCUT2D eigenvalue weighted by Gasteiger charge is 2.07. The molecule has 0 aliphatic rings. The zero-order chi connectivity index (χ0) is 9.03. The van der Waals surface area contributed by atoms with E-state index in [1.165, 1.54) is 5.56 Å². The van der Waals surface area contributed by atoms with E-state index in [9.17, 15) is 0 Å². The summed E-state index contributed by atoms with van der Waals surface area (Å²) >= 11 is 0. The van der Waals surface area contributed by atoms with Gasteiger partial charge in [-0.05, 0) is 18.1 Å². The summed E-state index contributed by atoms with van der Waals surface area (Å²) < 4.78 is 0. The van der Waals surface area contributed by atoms with E-state index in [4.69, 9.17) is 6.42 Å². The Hall–Kier alpha value is -0.870. The van der Waals surface area contributed by atoms with Crippen molar-refractivity contribution in [1.29, 1.82) is 0 Å². The van der Waals surface area contributed by atoms with Crippen LogP contribution in [0.3, 0.4) is 0 Å². The second-order valence-electron chi connectivity index (χ2n) is 3.29. The number of benzene rings is 1. The number of rotatable bonds is 2. The summed E-state index contributed by atoms with van der Waals surface area (Å²) in [6, 6.07) is 10.4. The molecular weight excluding hydrogens is 164 g/mol. The van der Waals surface area contributed by atoms with Crippen LogP contribution in [0.15, 0.2) is 30.3 Å². The first-order chi connectivity index (χ1) is 5.64. The smallest absolute Gasteiger partial charge is 0.0122 e. The average molecular weight is 178 g/mol. The van der Waals surface area contributed by atoms with Gasteiger partial charge in [0.15, 0.2) is 0 Å². The summed E-state index contributed by atoms with van der Waals surface area (Å²) in [7, 11) is -0.845. The van der Waals surface area contributed by atoms with Crippen molar-refractivity contribution in [1.82, 2.24) is 0 Å². The van der Waals surface area contributed by atoms with Gasteiger partial charge in [-0.25, -0.2) is 0 Å². The van der Waals surface area contributed by atoms with Crippen molar-refractivity contribution in [2.75, 3.05) is 12.5 Å². The second-order valence-corrected chi connectivity index (χ2v) is 6.89. The van der Waals surface area contributed by atoms with Crippen molar-refractivity contribution in [3.63, 3.8) is 0 Å². The van der Waals surface area contributed by atoms with E-state index >= 15 is 0 Å².